The standard InChI is InChI=1S/C13H26N4O2S/c1-5-16(6-2)10-8-7-9-13-11-14-12-17(13)20(18,19)15(3)4/h11-12H,5-10H2,1-4H3. The molecule has 0 aliphatic carbocycles. The Kier molecular flexibility index (Phi) is 6.64. The SMILES string of the molecule is CCN(CC)CCCCc1cncn1S(=O)(=O)N(C)C. The Balaban J connectivity index is 2.57. The Labute approximate surface area is 122 Å². The predicted octanol–water partition coefficient (Wildman–Crippen LogP) is 1.20. The largest absolute Gasteiger partial charge is 0.308 e. The summed E-state index contributed by atoms with van der Waals surface area (Å²) in [6.45, 7) is 7.49. The van der Waals surface area contributed by atoms with E-state index in [0.29, 0.717) is 0 Å². The summed E-state index contributed by atoms with van der Waals surface area (Å²) in [4.78, 5) is 6.33. The Bertz CT molecular complexity index is 492. The van der Waals surface area contributed by atoms with Gasteiger partial charge in [0.15, 0.2) is 0 Å². The van der Waals surface area contributed by atoms with Gasteiger partial charge in [-0.2, -0.15) is 12.7 Å². The summed E-state index contributed by atoms with van der Waals surface area (Å²) in [5.41, 5.74) is 0.748. The van der Waals surface area contributed by atoms with Gasteiger partial charge in [-0.25, -0.2) is 8.96 Å². The zero-order valence-electron chi connectivity index (χ0n) is 12.9. The van der Waals surface area contributed by atoms with Gasteiger partial charge < -0.3 is 4.90 Å². The number of rotatable bonds is 9. The van der Waals surface area contributed by atoms with Crippen LogP contribution < -0.4 is 0 Å². The number of hydrogen-bond donors (Lipinski definition) is 0. The molecule has 116 valence electrons. The number of nitrogens with zero attached hydrogens (tertiary/aromatic N) is 4. The van der Waals surface area contributed by atoms with Gasteiger partial charge in [0.05, 0.1) is 5.69 Å². The van der Waals surface area contributed by atoms with Crippen molar-refractivity contribution in [2.24, 2.45) is 0 Å². The molecule has 1 heterocycles. The molecule has 0 saturated carbocycles. The lowest BCUT2D eigenvalue weighted by Gasteiger charge is -2.18. The molecule has 6 nitrogen and oxygen atoms in total. The lowest BCUT2D eigenvalue weighted by Crippen LogP contribution is -2.29. The third-order valence-corrected chi connectivity index (χ3v) is 5.19. The third-order valence-electron chi connectivity index (χ3n) is 3.44. The lowest BCUT2D eigenvalue weighted by atomic mass is 10.2. The molecule has 0 atom stereocenters. The average molecular weight is 302 g/mol. The van der Waals surface area contributed by atoms with Gasteiger partial charge in [-0.1, -0.05) is 13.8 Å². The maximum absolute atomic E-state index is 12.1. The van der Waals surface area contributed by atoms with Crippen molar-refractivity contribution in [2.45, 2.75) is 33.1 Å². The first kappa shape index (κ1) is 17.1. The van der Waals surface area contributed by atoms with Gasteiger partial charge in [-0.3, -0.25) is 0 Å². The van der Waals surface area contributed by atoms with E-state index in [1.807, 2.05) is 0 Å². The summed E-state index contributed by atoms with van der Waals surface area (Å²) in [5.74, 6) is 0. The smallest absolute Gasteiger partial charge is 0.304 e. The molecule has 0 unspecified atom stereocenters. The molecule has 0 aliphatic rings. The molecule has 1 rings (SSSR count). The number of hydrogen-bond acceptors (Lipinski definition) is 4. The molecule has 7 heteroatoms. The van der Waals surface area contributed by atoms with Gasteiger partial charge in [0, 0.05) is 20.3 Å². The Morgan fingerprint density at radius 2 is 1.85 bits per heavy atom. The molecule has 0 N–H and O–H groups in total. The first-order chi connectivity index (χ1) is 9.43. The molecule has 0 radical (unpaired) electrons. The summed E-state index contributed by atoms with van der Waals surface area (Å²) in [6, 6.07) is 0. The molecule has 0 aliphatic heterocycles. The Morgan fingerprint density at radius 1 is 1.20 bits per heavy atom. The zero-order chi connectivity index (χ0) is 15.2. The Hall–Kier alpha value is -0.920. The second-order valence-electron chi connectivity index (χ2n) is 4.95. The second kappa shape index (κ2) is 7.75. The van der Waals surface area contributed by atoms with Crippen molar-refractivity contribution in [3.8, 4) is 0 Å². The van der Waals surface area contributed by atoms with Gasteiger partial charge in [0.2, 0.25) is 0 Å². The number of aromatic nitrogens is 2. The molecule has 0 fully saturated rings. The van der Waals surface area contributed by atoms with E-state index in [1.54, 1.807) is 6.20 Å². The highest BCUT2D eigenvalue weighted by molar-refractivity contribution is 7.87. The highest BCUT2D eigenvalue weighted by Crippen LogP contribution is 2.10. The maximum Gasteiger partial charge on any atom is 0.308 e. The van der Waals surface area contributed by atoms with Crippen molar-refractivity contribution in [1.29, 1.82) is 0 Å². The highest BCUT2D eigenvalue weighted by atomic mass is 32.2. The summed E-state index contributed by atoms with van der Waals surface area (Å²) >= 11 is 0. The first-order valence-corrected chi connectivity index (χ1v) is 8.49. The molecule has 1 aromatic rings. The van der Waals surface area contributed by atoms with Crippen LogP contribution in [0, 0.1) is 0 Å². The normalized spacial score (nSPS) is 12.5. The second-order valence-corrected chi connectivity index (χ2v) is 6.97. The van der Waals surface area contributed by atoms with Crippen LogP contribution in [-0.4, -0.2) is 60.3 Å². The predicted molar refractivity (Wildman–Crippen MR) is 81.0 cm³/mol. The minimum atomic E-state index is -3.45. The third kappa shape index (κ3) is 4.29. The number of unbranched alkanes of at least 4 members (excludes halogenated alkanes) is 1. The van der Waals surface area contributed by atoms with E-state index in [-0.39, 0.29) is 0 Å². The van der Waals surface area contributed by atoms with Crippen LogP contribution in [0.1, 0.15) is 32.4 Å². The molecule has 20 heavy (non-hydrogen) atoms. The molecular formula is C13H26N4O2S. The minimum Gasteiger partial charge on any atom is -0.304 e. The summed E-state index contributed by atoms with van der Waals surface area (Å²) in [7, 11) is -0.395. The molecule has 0 amide bonds. The van der Waals surface area contributed by atoms with E-state index < -0.39 is 10.2 Å². The van der Waals surface area contributed by atoms with Gasteiger partial charge in [0.25, 0.3) is 0 Å². The maximum atomic E-state index is 12.1. The summed E-state index contributed by atoms with van der Waals surface area (Å²) in [6.07, 6.45) is 5.77. The van der Waals surface area contributed by atoms with Gasteiger partial charge >= 0.3 is 10.2 Å². The van der Waals surface area contributed by atoms with Crippen LogP contribution in [0.4, 0.5) is 0 Å². The van der Waals surface area contributed by atoms with Crippen LogP contribution >= 0.6 is 0 Å². The van der Waals surface area contributed by atoms with Crippen molar-refractivity contribution in [2.75, 3.05) is 33.7 Å². The van der Waals surface area contributed by atoms with Crippen LogP contribution in [0.15, 0.2) is 12.5 Å². The van der Waals surface area contributed by atoms with E-state index >= 15 is 0 Å². The average Bonchev–Trinajstić information content (AvgIpc) is 2.88. The zero-order valence-corrected chi connectivity index (χ0v) is 13.7. The van der Waals surface area contributed by atoms with Crippen molar-refractivity contribution < 1.29 is 8.42 Å². The van der Waals surface area contributed by atoms with Crippen molar-refractivity contribution in [1.82, 2.24) is 18.2 Å². The molecule has 0 aromatic carbocycles. The molecular weight excluding hydrogens is 276 g/mol. The van der Waals surface area contributed by atoms with E-state index in [9.17, 15) is 8.42 Å². The number of aryl methyl sites for hydroxylation is 1. The van der Waals surface area contributed by atoms with Crippen LogP contribution in [0.2, 0.25) is 0 Å². The van der Waals surface area contributed by atoms with Crippen molar-refractivity contribution in [3.05, 3.63) is 18.2 Å². The van der Waals surface area contributed by atoms with Gasteiger partial charge in [0.1, 0.15) is 6.33 Å². The monoisotopic (exact) mass is 302 g/mol. The van der Waals surface area contributed by atoms with Crippen molar-refractivity contribution in [3.63, 3.8) is 0 Å². The quantitative estimate of drug-likeness (QED) is 0.643. The fourth-order valence-electron chi connectivity index (χ4n) is 2.05. The molecule has 0 bridgehead atoms. The van der Waals surface area contributed by atoms with E-state index in [0.717, 1.165) is 44.6 Å². The van der Waals surface area contributed by atoms with E-state index in [1.165, 1.54) is 28.7 Å². The van der Waals surface area contributed by atoms with Gasteiger partial charge in [-0.05, 0) is 38.9 Å². The highest BCUT2D eigenvalue weighted by Gasteiger charge is 2.19. The summed E-state index contributed by atoms with van der Waals surface area (Å²) < 4.78 is 26.6. The molecule has 0 saturated heterocycles. The van der Waals surface area contributed by atoms with Gasteiger partial charge in [-0.15, -0.1) is 0 Å². The lowest BCUT2D eigenvalue weighted by molar-refractivity contribution is 0.297. The van der Waals surface area contributed by atoms with Crippen LogP contribution in [0.3, 0.4) is 0 Å². The molecule has 0 spiro atoms. The topological polar surface area (TPSA) is 58.4 Å². The number of imidazole rings is 1. The molecule has 1 aromatic heterocycles. The van der Waals surface area contributed by atoms with E-state index in [2.05, 4.69) is 23.7 Å². The minimum absolute atomic E-state index is 0.730. The fourth-order valence-corrected chi connectivity index (χ4v) is 3.01. The fraction of sp³-hybridized carbons (Fsp3) is 0.769. The van der Waals surface area contributed by atoms with Crippen LogP contribution in [0.25, 0.3) is 0 Å². The van der Waals surface area contributed by atoms with Crippen LogP contribution in [-0.2, 0) is 16.6 Å². The first-order valence-electron chi connectivity index (χ1n) is 7.10. The van der Waals surface area contributed by atoms with Crippen LogP contribution in [0.5, 0.6) is 0 Å². The van der Waals surface area contributed by atoms with E-state index in [4.69, 9.17) is 0 Å². The Morgan fingerprint density at radius 3 is 2.40 bits per heavy atom. The van der Waals surface area contributed by atoms with Crippen molar-refractivity contribution >= 4 is 10.2 Å². The summed E-state index contributed by atoms with van der Waals surface area (Å²) in [5, 5.41) is 0.